The van der Waals surface area contributed by atoms with Crippen molar-refractivity contribution in [1.82, 2.24) is 0 Å². The first-order valence-electron chi connectivity index (χ1n) is 5.06. The summed E-state index contributed by atoms with van der Waals surface area (Å²) >= 11 is 0. The summed E-state index contributed by atoms with van der Waals surface area (Å²) in [5.41, 5.74) is 0. The van der Waals surface area contributed by atoms with Crippen molar-refractivity contribution in [3.63, 3.8) is 0 Å². The highest BCUT2D eigenvalue weighted by Gasteiger charge is 2.30. The predicted molar refractivity (Wildman–Crippen MR) is 47.1 cm³/mol. The molecule has 0 saturated heterocycles. The maximum atomic E-state index is 5.73. The first-order valence-corrected chi connectivity index (χ1v) is 5.06. The molecule has 2 saturated carbocycles. The van der Waals surface area contributed by atoms with Crippen LogP contribution in [-0.2, 0) is 9.47 Å². The van der Waals surface area contributed by atoms with Crippen molar-refractivity contribution in [2.45, 2.75) is 63.9 Å². The normalized spacial score (nSPS) is 28.5. The van der Waals surface area contributed by atoms with Gasteiger partial charge in [-0.05, 0) is 39.5 Å². The van der Waals surface area contributed by atoms with Crippen LogP contribution in [0.15, 0.2) is 0 Å². The van der Waals surface area contributed by atoms with Crippen LogP contribution in [0.4, 0.5) is 0 Å². The molecular weight excluding hydrogens is 152 g/mol. The number of hydrogen-bond donors (Lipinski definition) is 0. The molecule has 0 spiro atoms. The molecule has 2 nitrogen and oxygen atoms in total. The Hall–Kier alpha value is -0.0800. The topological polar surface area (TPSA) is 18.5 Å². The van der Waals surface area contributed by atoms with Crippen LogP contribution >= 0.6 is 0 Å². The molecule has 12 heavy (non-hydrogen) atoms. The van der Waals surface area contributed by atoms with Crippen LogP contribution < -0.4 is 0 Å². The highest BCUT2D eigenvalue weighted by atomic mass is 16.6. The van der Waals surface area contributed by atoms with Gasteiger partial charge in [0.2, 0.25) is 0 Å². The molecule has 0 aromatic heterocycles. The van der Waals surface area contributed by atoms with E-state index in [2.05, 4.69) is 13.8 Å². The zero-order chi connectivity index (χ0) is 8.55. The molecule has 0 amide bonds. The average molecular weight is 170 g/mol. The van der Waals surface area contributed by atoms with Crippen molar-refractivity contribution in [3.8, 4) is 0 Å². The van der Waals surface area contributed by atoms with Gasteiger partial charge in [-0.2, -0.15) is 0 Å². The summed E-state index contributed by atoms with van der Waals surface area (Å²) < 4.78 is 11.5. The summed E-state index contributed by atoms with van der Waals surface area (Å²) in [5.74, 6) is 0. The number of rotatable bonds is 5. The number of hydrogen-bond acceptors (Lipinski definition) is 2. The van der Waals surface area contributed by atoms with E-state index in [-0.39, 0.29) is 12.2 Å². The van der Waals surface area contributed by atoms with E-state index in [0.29, 0.717) is 12.2 Å². The lowest BCUT2D eigenvalue weighted by atomic mass is 10.2. The molecule has 0 N–H and O–H groups in total. The van der Waals surface area contributed by atoms with Crippen LogP contribution in [0.1, 0.15) is 39.5 Å². The van der Waals surface area contributed by atoms with Crippen molar-refractivity contribution < 1.29 is 9.47 Å². The standard InChI is InChI=1S/C10H18O2/c1-7(11-9-3-4-9)8(2)12-10-5-6-10/h7-10H,3-6H2,1-2H3. The summed E-state index contributed by atoms with van der Waals surface area (Å²) in [7, 11) is 0. The molecule has 2 aliphatic rings. The zero-order valence-corrected chi connectivity index (χ0v) is 7.95. The quantitative estimate of drug-likeness (QED) is 0.629. The van der Waals surface area contributed by atoms with Gasteiger partial charge in [0, 0.05) is 0 Å². The first kappa shape index (κ1) is 8.52. The van der Waals surface area contributed by atoms with Crippen LogP contribution in [0.5, 0.6) is 0 Å². The Bertz CT molecular complexity index is 132. The Morgan fingerprint density at radius 1 is 0.833 bits per heavy atom. The van der Waals surface area contributed by atoms with Crippen LogP contribution in [0.3, 0.4) is 0 Å². The maximum Gasteiger partial charge on any atom is 0.0809 e. The maximum absolute atomic E-state index is 5.73. The molecule has 0 radical (unpaired) electrons. The minimum absolute atomic E-state index is 0.276. The third-order valence-corrected chi connectivity index (χ3v) is 2.52. The molecule has 2 unspecified atom stereocenters. The van der Waals surface area contributed by atoms with Crippen LogP contribution in [0.25, 0.3) is 0 Å². The summed E-state index contributed by atoms with van der Waals surface area (Å²) in [6.45, 7) is 4.23. The molecule has 2 aliphatic carbocycles. The van der Waals surface area contributed by atoms with E-state index in [9.17, 15) is 0 Å². The van der Waals surface area contributed by atoms with Crippen molar-refractivity contribution in [2.75, 3.05) is 0 Å². The van der Waals surface area contributed by atoms with Gasteiger partial charge in [0.05, 0.1) is 24.4 Å². The van der Waals surface area contributed by atoms with E-state index in [1.54, 1.807) is 0 Å². The molecule has 0 heterocycles. The van der Waals surface area contributed by atoms with Crippen molar-refractivity contribution in [2.24, 2.45) is 0 Å². The Balaban J connectivity index is 1.65. The van der Waals surface area contributed by atoms with E-state index in [0.717, 1.165) is 0 Å². The van der Waals surface area contributed by atoms with E-state index < -0.39 is 0 Å². The highest BCUT2D eigenvalue weighted by Crippen LogP contribution is 2.29. The average Bonchev–Trinajstić information content (AvgIpc) is 2.79. The monoisotopic (exact) mass is 170 g/mol. The van der Waals surface area contributed by atoms with E-state index >= 15 is 0 Å². The van der Waals surface area contributed by atoms with Gasteiger partial charge in [-0.1, -0.05) is 0 Å². The minimum atomic E-state index is 0.276. The molecule has 2 rings (SSSR count). The molecule has 0 bridgehead atoms. The van der Waals surface area contributed by atoms with Gasteiger partial charge >= 0.3 is 0 Å². The van der Waals surface area contributed by atoms with Gasteiger partial charge in [-0.25, -0.2) is 0 Å². The lowest BCUT2D eigenvalue weighted by molar-refractivity contribution is -0.0687. The highest BCUT2D eigenvalue weighted by molar-refractivity contribution is 4.79. The second kappa shape index (κ2) is 3.35. The fraction of sp³-hybridized carbons (Fsp3) is 1.00. The summed E-state index contributed by atoms with van der Waals surface area (Å²) in [4.78, 5) is 0. The van der Waals surface area contributed by atoms with Gasteiger partial charge in [0.25, 0.3) is 0 Å². The molecule has 2 heteroatoms. The Labute approximate surface area is 74.2 Å². The number of ether oxygens (including phenoxy) is 2. The third-order valence-electron chi connectivity index (χ3n) is 2.52. The second-order valence-electron chi connectivity index (χ2n) is 4.08. The van der Waals surface area contributed by atoms with Crippen LogP contribution in [-0.4, -0.2) is 24.4 Å². The van der Waals surface area contributed by atoms with E-state index in [4.69, 9.17) is 9.47 Å². The summed E-state index contributed by atoms with van der Waals surface area (Å²) in [6.07, 6.45) is 6.65. The summed E-state index contributed by atoms with van der Waals surface area (Å²) in [5, 5.41) is 0. The molecule has 2 fully saturated rings. The smallest absolute Gasteiger partial charge is 0.0809 e. The molecule has 2 atom stereocenters. The molecule has 0 aliphatic heterocycles. The molecular formula is C10H18O2. The van der Waals surface area contributed by atoms with Gasteiger partial charge < -0.3 is 9.47 Å². The Morgan fingerprint density at radius 3 is 1.42 bits per heavy atom. The van der Waals surface area contributed by atoms with Crippen molar-refractivity contribution in [1.29, 1.82) is 0 Å². The van der Waals surface area contributed by atoms with Crippen LogP contribution in [0, 0.1) is 0 Å². The SMILES string of the molecule is CC(OC1CC1)C(C)OC1CC1. The molecule has 0 aromatic carbocycles. The fourth-order valence-electron chi connectivity index (χ4n) is 1.24. The van der Waals surface area contributed by atoms with Gasteiger partial charge in [-0.15, -0.1) is 0 Å². The van der Waals surface area contributed by atoms with Gasteiger partial charge in [-0.3, -0.25) is 0 Å². The second-order valence-corrected chi connectivity index (χ2v) is 4.08. The van der Waals surface area contributed by atoms with Crippen LogP contribution in [0.2, 0.25) is 0 Å². The molecule has 0 aromatic rings. The fourth-order valence-corrected chi connectivity index (χ4v) is 1.24. The van der Waals surface area contributed by atoms with Crippen molar-refractivity contribution in [3.05, 3.63) is 0 Å². The Kier molecular flexibility index (Phi) is 2.37. The predicted octanol–water partition coefficient (Wildman–Crippen LogP) is 2.12. The Morgan fingerprint density at radius 2 is 1.17 bits per heavy atom. The zero-order valence-electron chi connectivity index (χ0n) is 7.95. The van der Waals surface area contributed by atoms with Crippen molar-refractivity contribution >= 4 is 0 Å². The van der Waals surface area contributed by atoms with Gasteiger partial charge in [0.1, 0.15) is 0 Å². The van der Waals surface area contributed by atoms with E-state index in [1.165, 1.54) is 25.7 Å². The minimum Gasteiger partial charge on any atom is -0.373 e. The summed E-state index contributed by atoms with van der Waals surface area (Å²) in [6, 6.07) is 0. The lowest BCUT2D eigenvalue weighted by Crippen LogP contribution is -2.27. The largest absolute Gasteiger partial charge is 0.373 e. The van der Waals surface area contributed by atoms with Gasteiger partial charge in [0.15, 0.2) is 0 Å². The third kappa shape index (κ3) is 2.46. The van der Waals surface area contributed by atoms with E-state index in [1.807, 2.05) is 0 Å². The lowest BCUT2D eigenvalue weighted by Gasteiger charge is -2.20. The first-order chi connectivity index (χ1) is 5.75. The molecule has 70 valence electrons.